The van der Waals surface area contributed by atoms with Crippen LogP contribution in [-0.2, 0) is 4.79 Å². The van der Waals surface area contributed by atoms with Crippen molar-refractivity contribution in [2.75, 3.05) is 19.9 Å². The quantitative estimate of drug-likeness (QED) is 0.606. The molecule has 0 unspecified atom stereocenters. The van der Waals surface area contributed by atoms with Crippen molar-refractivity contribution in [3.8, 4) is 11.5 Å². The molecule has 1 saturated heterocycles. The number of hydrogen-bond acceptors (Lipinski definition) is 5. The smallest absolute Gasteiger partial charge is 0.253 e. The van der Waals surface area contributed by atoms with Crippen molar-refractivity contribution in [2.24, 2.45) is 5.92 Å². The van der Waals surface area contributed by atoms with Crippen LogP contribution >= 0.6 is 11.6 Å². The number of likely N-dealkylation sites (tertiary alicyclic amines) is 1. The maximum Gasteiger partial charge on any atom is 0.253 e. The van der Waals surface area contributed by atoms with E-state index in [0.717, 1.165) is 6.42 Å². The fourth-order valence-corrected chi connectivity index (χ4v) is 4.43. The maximum atomic E-state index is 13.2. The number of rotatable bonds is 7. The molecule has 2 aromatic carbocycles. The SMILES string of the molecule is CC[C@@H](C)NC(=O)[C@H](NC(=O)c1ccc2c(c1)OCO2)C1CCN(C(=O)c2ccc(Cl)cc2)CC1. The summed E-state index contributed by atoms with van der Waals surface area (Å²) in [5, 5.41) is 6.52. The zero-order valence-electron chi connectivity index (χ0n) is 19.9. The van der Waals surface area contributed by atoms with Gasteiger partial charge in [0.15, 0.2) is 11.5 Å². The van der Waals surface area contributed by atoms with E-state index in [1.165, 1.54) is 0 Å². The van der Waals surface area contributed by atoms with Crippen molar-refractivity contribution >= 4 is 29.3 Å². The van der Waals surface area contributed by atoms with Gasteiger partial charge in [-0.1, -0.05) is 18.5 Å². The van der Waals surface area contributed by atoms with Crippen molar-refractivity contribution in [2.45, 2.75) is 45.2 Å². The van der Waals surface area contributed by atoms with Gasteiger partial charge < -0.3 is 25.0 Å². The number of nitrogens with zero attached hydrogens (tertiary/aromatic N) is 1. The average Bonchev–Trinajstić information content (AvgIpc) is 3.35. The predicted molar refractivity (Wildman–Crippen MR) is 132 cm³/mol. The Morgan fingerprint density at radius 2 is 1.66 bits per heavy atom. The van der Waals surface area contributed by atoms with Gasteiger partial charge in [0.2, 0.25) is 12.7 Å². The molecule has 0 aromatic heterocycles. The summed E-state index contributed by atoms with van der Waals surface area (Å²) in [5.74, 6) is 0.359. The summed E-state index contributed by atoms with van der Waals surface area (Å²) < 4.78 is 10.7. The Hall–Kier alpha value is -3.26. The molecule has 2 heterocycles. The minimum Gasteiger partial charge on any atom is -0.454 e. The van der Waals surface area contributed by atoms with Gasteiger partial charge in [0, 0.05) is 35.3 Å². The minimum atomic E-state index is -0.713. The van der Waals surface area contributed by atoms with Gasteiger partial charge in [-0.15, -0.1) is 0 Å². The van der Waals surface area contributed by atoms with Crippen LogP contribution in [0.3, 0.4) is 0 Å². The van der Waals surface area contributed by atoms with E-state index in [-0.39, 0.29) is 36.5 Å². The minimum absolute atomic E-state index is 0.0148. The third kappa shape index (κ3) is 5.88. The molecule has 0 radical (unpaired) electrons. The molecule has 1 fully saturated rings. The first-order valence-corrected chi connectivity index (χ1v) is 12.3. The molecule has 0 saturated carbocycles. The van der Waals surface area contributed by atoms with Crippen molar-refractivity contribution in [3.63, 3.8) is 0 Å². The van der Waals surface area contributed by atoms with E-state index in [0.29, 0.717) is 53.6 Å². The molecule has 4 rings (SSSR count). The van der Waals surface area contributed by atoms with Crippen LogP contribution in [0.5, 0.6) is 11.5 Å². The molecular weight excluding hydrogens is 470 g/mol. The predicted octanol–water partition coefficient (Wildman–Crippen LogP) is 3.63. The molecule has 2 aliphatic rings. The molecule has 2 aromatic rings. The Bertz CT molecular complexity index is 1080. The normalized spacial score (nSPS) is 16.9. The lowest BCUT2D eigenvalue weighted by atomic mass is 9.88. The summed E-state index contributed by atoms with van der Waals surface area (Å²) in [5.41, 5.74) is 0.973. The van der Waals surface area contributed by atoms with Crippen LogP contribution in [0.4, 0.5) is 0 Å². The van der Waals surface area contributed by atoms with E-state index in [1.54, 1.807) is 47.4 Å². The second-order valence-corrected chi connectivity index (χ2v) is 9.41. The summed E-state index contributed by atoms with van der Waals surface area (Å²) in [6, 6.07) is 11.1. The van der Waals surface area contributed by atoms with Gasteiger partial charge in [0.25, 0.3) is 11.8 Å². The lowest BCUT2D eigenvalue weighted by Crippen LogP contribution is -2.55. The van der Waals surface area contributed by atoms with E-state index in [1.807, 2.05) is 13.8 Å². The number of amides is 3. The Kier molecular flexibility index (Phi) is 7.80. The Morgan fingerprint density at radius 3 is 2.34 bits per heavy atom. The first kappa shape index (κ1) is 24.9. The van der Waals surface area contributed by atoms with Gasteiger partial charge in [0.05, 0.1) is 0 Å². The largest absolute Gasteiger partial charge is 0.454 e. The second kappa shape index (κ2) is 11.0. The molecule has 0 aliphatic carbocycles. The third-order valence-electron chi connectivity index (χ3n) is 6.59. The number of ether oxygens (including phenoxy) is 2. The Morgan fingerprint density at radius 1 is 1.00 bits per heavy atom. The molecule has 186 valence electrons. The number of fused-ring (bicyclic) bond motifs is 1. The molecule has 2 N–H and O–H groups in total. The highest BCUT2D eigenvalue weighted by Crippen LogP contribution is 2.32. The van der Waals surface area contributed by atoms with Crippen molar-refractivity contribution in [1.82, 2.24) is 15.5 Å². The van der Waals surface area contributed by atoms with Crippen molar-refractivity contribution in [3.05, 3.63) is 58.6 Å². The molecule has 3 amide bonds. The van der Waals surface area contributed by atoms with Gasteiger partial charge in [-0.3, -0.25) is 14.4 Å². The fraction of sp³-hybridized carbons (Fsp3) is 0.423. The topological polar surface area (TPSA) is 97.0 Å². The van der Waals surface area contributed by atoms with E-state index < -0.39 is 6.04 Å². The summed E-state index contributed by atoms with van der Waals surface area (Å²) in [7, 11) is 0. The highest BCUT2D eigenvalue weighted by molar-refractivity contribution is 6.30. The van der Waals surface area contributed by atoms with Gasteiger partial charge in [0.1, 0.15) is 6.04 Å². The van der Waals surface area contributed by atoms with Crippen LogP contribution in [0, 0.1) is 5.92 Å². The van der Waals surface area contributed by atoms with E-state index in [4.69, 9.17) is 21.1 Å². The molecule has 8 nitrogen and oxygen atoms in total. The van der Waals surface area contributed by atoms with Crippen LogP contribution < -0.4 is 20.1 Å². The van der Waals surface area contributed by atoms with Gasteiger partial charge in [-0.05, 0) is 74.6 Å². The lowest BCUT2D eigenvalue weighted by molar-refractivity contribution is -0.125. The monoisotopic (exact) mass is 499 g/mol. The Balaban J connectivity index is 1.44. The molecule has 0 spiro atoms. The van der Waals surface area contributed by atoms with Crippen LogP contribution in [0.1, 0.15) is 53.8 Å². The van der Waals surface area contributed by atoms with Crippen LogP contribution in [0.2, 0.25) is 5.02 Å². The first-order chi connectivity index (χ1) is 16.9. The van der Waals surface area contributed by atoms with Gasteiger partial charge in [-0.2, -0.15) is 0 Å². The van der Waals surface area contributed by atoms with Crippen LogP contribution in [-0.4, -0.2) is 54.6 Å². The van der Waals surface area contributed by atoms with Crippen LogP contribution in [0.25, 0.3) is 0 Å². The standard InChI is InChI=1S/C26H30ClN3O5/c1-3-16(2)28-25(32)23(29-24(31)19-6-9-21-22(14-19)35-15-34-21)17-10-12-30(13-11-17)26(33)18-4-7-20(27)8-5-18/h4-9,14,16-17,23H,3,10-13,15H2,1-2H3,(H,28,32)(H,29,31)/t16-,23-/m1/s1. The zero-order chi connectivity index (χ0) is 24.9. The number of halogens is 1. The van der Waals surface area contributed by atoms with Gasteiger partial charge >= 0.3 is 0 Å². The van der Waals surface area contributed by atoms with Crippen molar-refractivity contribution < 1.29 is 23.9 Å². The molecule has 9 heteroatoms. The average molecular weight is 500 g/mol. The molecule has 35 heavy (non-hydrogen) atoms. The third-order valence-corrected chi connectivity index (χ3v) is 6.85. The van der Waals surface area contributed by atoms with E-state index >= 15 is 0 Å². The number of carbonyl (C=O) groups excluding carboxylic acids is 3. The first-order valence-electron chi connectivity index (χ1n) is 11.9. The van der Waals surface area contributed by atoms with E-state index in [2.05, 4.69) is 10.6 Å². The number of piperidine rings is 1. The molecule has 2 atom stereocenters. The maximum absolute atomic E-state index is 13.2. The summed E-state index contributed by atoms with van der Waals surface area (Å²) >= 11 is 5.94. The summed E-state index contributed by atoms with van der Waals surface area (Å²) in [6.07, 6.45) is 1.97. The highest BCUT2D eigenvalue weighted by atomic mass is 35.5. The number of nitrogens with one attached hydrogen (secondary N) is 2. The van der Waals surface area contributed by atoms with E-state index in [9.17, 15) is 14.4 Å². The summed E-state index contributed by atoms with van der Waals surface area (Å²) in [4.78, 5) is 40.9. The highest BCUT2D eigenvalue weighted by Gasteiger charge is 2.34. The lowest BCUT2D eigenvalue weighted by Gasteiger charge is -2.36. The van der Waals surface area contributed by atoms with Gasteiger partial charge in [-0.25, -0.2) is 0 Å². The van der Waals surface area contributed by atoms with Crippen LogP contribution in [0.15, 0.2) is 42.5 Å². The second-order valence-electron chi connectivity index (χ2n) is 8.97. The molecular formula is C26H30ClN3O5. The Labute approximate surface area is 209 Å². The summed E-state index contributed by atoms with van der Waals surface area (Å²) in [6.45, 7) is 5.04. The number of benzene rings is 2. The van der Waals surface area contributed by atoms with Crippen molar-refractivity contribution in [1.29, 1.82) is 0 Å². The number of carbonyl (C=O) groups is 3. The fourth-order valence-electron chi connectivity index (χ4n) is 4.31. The molecule has 0 bridgehead atoms. The molecule has 2 aliphatic heterocycles. The zero-order valence-corrected chi connectivity index (χ0v) is 20.6. The number of hydrogen-bond donors (Lipinski definition) is 2.